The summed E-state index contributed by atoms with van der Waals surface area (Å²) in [4.78, 5) is 33.5. The van der Waals surface area contributed by atoms with Gasteiger partial charge in [0.05, 0.1) is 12.7 Å². The minimum Gasteiger partial charge on any atom is -0.480 e. The summed E-state index contributed by atoms with van der Waals surface area (Å²) in [7, 11) is 0. The van der Waals surface area contributed by atoms with Gasteiger partial charge in [-0.1, -0.05) is 0 Å². The highest BCUT2D eigenvalue weighted by Gasteiger charge is 2.12. The van der Waals surface area contributed by atoms with Crippen molar-refractivity contribution in [2.45, 2.75) is 24.9 Å². The Hall–Kier alpha value is -2.43. The molecule has 0 fully saturated rings. The van der Waals surface area contributed by atoms with Gasteiger partial charge in [-0.3, -0.25) is 9.59 Å². The smallest absolute Gasteiger partial charge is 0.320 e. The second-order valence-corrected chi connectivity index (χ2v) is 4.45. The second-order valence-electron chi connectivity index (χ2n) is 4.45. The Bertz CT molecular complexity index is 522. The number of halogens is 1. The molecule has 0 radical (unpaired) electrons. The van der Waals surface area contributed by atoms with E-state index in [4.69, 9.17) is 21.7 Å². The number of carboxylic acids is 2. The molecule has 11 heteroatoms. The van der Waals surface area contributed by atoms with Crippen molar-refractivity contribution in [3.63, 3.8) is 0 Å². The predicted molar refractivity (Wildman–Crippen MR) is 83.1 cm³/mol. The van der Waals surface area contributed by atoms with Crippen LogP contribution in [0.4, 0.5) is 0 Å². The Labute approximate surface area is 137 Å². The lowest BCUT2D eigenvalue weighted by Crippen LogP contribution is -2.32. The van der Waals surface area contributed by atoms with E-state index >= 15 is 0 Å². The van der Waals surface area contributed by atoms with E-state index in [1.54, 1.807) is 12.4 Å². The van der Waals surface area contributed by atoms with Crippen LogP contribution >= 0.6 is 12.4 Å². The van der Waals surface area contributed by atoms with Crippen molar-refractivity contribution >= 4 is 24.3 Å². The number of aliphatic carboxylic acids is 2. The minimum atomic E-state index is -1.00. The Morgan fingerprint density at radius 1 is 0.957 bits per heavy atom. The molecule has 10 nitrogen and oxygen atoms in total. The van der Waals surface area contributed by atoms with Gasteiger partial charge >= 0.3 is 11.9 Å². The standard InChI is InChI=1S/2C6H9N3O2.ClH/c2*7-5(6(10)11)1-4-2-8-3-9-4;/h2*2-3,5H,1,7H2,(H,8,9)(H,10,11);1H/t5-;;/m0../s1. The van der Waals surface area contributed by atoms with Crippen LogP contribution < -0.4 is 11.5 Å². The van der Waals surface area contributed by atoms with Gasteiger partial charge in [-0.25, -0.2) is 9.97 Å². The number of nitrogens with one attached hydrogen (secondary N) is 2. The first-order valence-electron chi connectivity index (χ1n) is 6.31. The molecule has 0 aliphatic heterocycles. The summed E-state index contributed by atoms with van der Waals surface area (Å²) < 4.78 is 0. The summed E-state index contributed by atoms with van der Waals surface area (Å²) in [5.41, 5.74) is 12.0. The van der Waals surface area contributed by atoms with Crippen LogP contribution in [0.2, 0.25) is 0 Å². The Morgan fingerprint density at radius 2 is 1.30 bits per heavy atom. The Balaban J connectivity index is 0.000000403. The Morgan fingerprint density at radius 3 is 1.52 bits per heavy atom. The van der Waals surface area contributed by atoms with Crippen molar-refractivity contribution in [1.82, 2.24) is 19.9 Å². The fourth-order valence-corrected chi connectivity index (χ4v) is 1.44. The third-order valence-corrected chi connectivity index (χ3v) is 2.62. The number of hydrogen-bond donors (Lipinski definition) is 6. The molecule has 8 N–H and O–H groups in total. The first kappa shape index (κ1) is 20.6. The number of imidazole rings is 2. The summed E-state index contributed by atoms with van der Waals surface area (Å²) in [5, 5.41) is 16.8. The maximum absolute atomic E-state index is 10.3. The minimum absolute atomic E-state index is 0. The number of nitrogens with zero attached hydrogens (tertiary/aromatic N) is 2. The fraction of sp³-hybridized carbons (Fsp3) is 0.333. The van der Waals surface area contributed by atoms with Gasteiger partial charge < -0.3 is 31.6 Å². The van der Waals surface area contributed by atoms with Crippen LogP contribution in [0, 0.1) is 0 Å². The van der Waals surface area contributed by atoms with Crippen molar-refractivity contribution in [3.05, 3.63) is 36.4 Å². The van der Waals surface area contributed by atoms with Crippen molar-refractivity contribution < 1.29 is 19.8 Å². The Kier molecular flexibility index (Phi) is 9.23. The summed E-state index contributed by atoms with van der Waals surface area (Å²) in [6.45, 7) is 0. The summed E-state index contributed by atoms with van der Waals surface area (Å²) in [5.74, 6) is -2.00. The largest absolute Gasteiger partial charge is 0.480 e. The normalized spacial score (nSPS) is 12.3. The molecule has 0 saturated carbocycles. The number of aromatic amines is 2. The molecule has 0 saturated heterocycles. The molecule has 2 atom stereocenters. The van der Waals surface area contributed by atoms with Crippen LogP contribution in [0.5, 0.6) is 0 Å². The zero-order chi connectivity index (χ0) is 16.5. The molecule has 2 rings (SSSR count). The van der Waals surface area contributed by atoms with E-state index < -0.39 is 24.0 Å². The zero-order valence-electron chi connectivity index (χ0n) is 12.0. The van der Waals surface area contributed by atoms with Gasteiger partial charge in [0.2, 0.25) is 0 Å². The van der Waals surface area contributed by atoms with E-state index in [-0.39, 0.29) is 25.2 Å². The lowest BCUT2D eigenvalue weighted by molar-refractivity contribution is -0.139. The molecule has 2 heterocycles. The molecule has 0 aromatic carbocycles. The van der Waals surface area contributed by atoms with E-state index in [0.717, 1.165) is 11.4 Å². The van der Waals surface area contributed by atoms with Crippen LogP contribution in [-0.4, -0.2) is 54.2 Å². The van der Waals surface area contributed by atoms with Gasteiger partial charge in [-0.05, 0) is 0 Å². The van der Waals surface area contributed by atoms with Crippen LogP contribution in [-0.2, 0) is 22.4 Å². The first-order chi connectivity index (χ1) is 10.4. The fourth-order valence-electron chi connectivity index (χ4n) is 1.44. The first-order valence-corrected chi connectivity index (χ1v) is 6.31. The van der Waals surface area contributed by atoms with E-state index in [1.165, 1.54) is 12.7 Å². The highest BCUT2D eigenvalue weighted by molar-refractivity contribution is 5.85. The number of nitrogens with two attached hydrogens (primary N) is 2. The van der Waals surface area contributed by atoms with E-state index in [2.05, 4.69) is 19.9 Å². The summed E-state index contributed by atoms with van der Waals surface area (Å²) in [6.07, 6.45) is 6.67. The number of H-pyrrole nitrogens is 2. The number of rotatable bonds is 6. The number of carboxylic acid groups (broad SMARTS) is 2. The summed E-state index contributed by atoms with van der Waals surface area (Å²) >= 11 is 0. The van der Waals surface area contributed by atoms with Gasteiger partial charge in [-0.15, -0.1) is 12.4 Å². The van der Waals surface area contributed by atoms with Crippen LogP contribution in [0.15, 0.2) is 25.0 Å². The van der Waals surface area contributed by atoms with Crippen molar-refractivity contribution in [2.24, 2.45) is 11.5 Å². The molecule has 0 aliphatic rings. The average Bonchev–Trinajstić information content (AvgIpc) is 3.12. The third kappa shape index (κ3) is 7.95. The number of hydrogen-bond acceptors (Lipinski definition) is 6. The lowest BCUT2D eigenvalue weighted by Gasteiger charge is -2.02. The predicted octanol–water partition coefficient (Wildman–Crippen LogP) is -0.850. The maximum Gasteiger partial charge on any atom is 0.320 e. The van der Waals surface area contributed by atoms with Crippen LogP contribution in [0.3, 0.4) is 0 Å². The van der Waals surface area contributed by atoms with Gasteiger partial charge in [0.25, 0.3) is 0 Å². The highest BCUT2D eigenvalue weighted by atomic mass is 35.5. The monoisotopic (exact) mass is 346 g/mol. The highest BCUT2D eigenvalue weighted by Crippen LogP contribution is 1.96. The van der Waals surface area contributed by atoms with Crippen molar-refractivity contribution in [1.29, 1.82) is 0 Å². The maximum atomic E-state index is 10.3. The van der Waals surface area contributed by atoms with E-state index in [9.17, 15) is 9.59 Å². The van der Waals surface area contributed by atoms with Gasteiger partial charge in [0, 0.05) is 36.6 Å². The van der Waals surface area contributed by atoms with Gasteiger partial charge in [0.1, 0.15) is 12.1 Å². The van der Waals surface area contributed by atoms with Crippen LogP contribution in [0.25, 0.3) is 0 Å². The average molecular weight is 347 g/mol. The molecule has 2 aromatic heterocycles. The topological polar surface area (TPSA) is 184 Å². The molecule has 1 unspecified atom stereocenters. The lowest BCUT2D eigenvalue weighted by atomic mass is 10.2. The molecular formula is C12H19ClN6O4. The molecule has 0 amide bonds. The third-order valence-electron chi connectivity index (χ3n) is 2.62. The van der Waals surface area contributed by atoms with Gasteiger partial charge in [-0.2, -0.15) is 0 Å². The van der Waals surface area contributed by atoms with Crippen molar-refractivity contribution in [2.75, 3.05) is 0 Å². The molecule has 23 heavy (non-hydrogen) atoms. The van der Waals surface area contributed by atoms with E-state index in [0.29, 0.717) is 0 Å². The SMILES string of the molecule is Cl.NC(Cc1cnc[nH]1)C(=O)O.N[C@@H](Cc1cnc[nH]1)C(=O)O. The second kappa shape index (κ2) is 10.3. The zero-order valence-corrected chi connectivity index (χ0v) is 12.9. The van der Waals surface area contributed by atoms with Gasteiger partial charge in [0.15, 0.2) is 0 Å². The molecule has 0 spiro atoms. The molecule has 128 valence electrons. The molecular weight excluding hydrogens is 328 g/mol. The molecule has 0 bridgehead atoms. The van der Waals surface area contributed by atoms with Crippen LogP contribution in [0.1, 0.15) is 11.4 Å². The van der Waals surface area contributed by atoms with E-state index in [1.807, 2.05) is 0 Å². The quantitative estimate of drug-likeness (QED) is 0.390. The van der Waals surface area contributed by atoms with Crippen molar-refractivity contribution in [3.8, 4) is 0 Å². The molecule has 0 aliphatic carbocycles. The number of aromatic nitrogens is 4. The number of carbonyl (C=O) groups is 2. The summed E-state index contributed by atoms with van der Waals surface area (Å²) in [6, 6.07) is -1.70. The molecule has 2 aromatic rings.